The van der Waals surface area contributed by atoms with E-state index in [9.17, 15) is 19.7 Å². The Morgan fingerprint density at radius 3 is 2.59 bits per heavy atom. The fourth-order valence-electron chi connectivity index (χ4n) is 2.95. The molecule has 1 N–H and O–H groups in total. The predicted molar refractivity (Wildman–Crippen MR) is 128 cm³/mol. The maximum absolute atomic E-state index is 13.0. The summed E-state index contributed by atoms with van der Waals surface area (Å²) in [5, 5.41) is 15.2. The molecule has 0 unspecified atom stereocenters. The number of nitrogens with zero attached hydrogens (tertiary/aromatic N) is 3. The molecule has 2 aromatic carbocycles. The van der Waals surface area contributed by atoms with Crippen LogP contribution in [0.4, 0.5) is 11.4 Å². The summed E-state index contributed by atoms with van der Waals surface area (Å²) in [6.45, 7) is 4.56. The third-order valence-electron chi connectivity index (χ3n) is 4.58. The largest absolute Gasteiger partial charge is 0.320 e. The predicted octanol–water partition coefficient (Wildman–Crippen LogP) is 5.39. The molecule has 1 heterocycles. The first-order valence-corrected chi connectivity index (χ1v) is 11.5. The molecule has 0 saturated heterocycles. The molecule has 1 amide bonds. The van der Waals surface area contributed by atoms with E-state index in [4.69, 9.17) is 23.2 Å². The third kappa shape index (κ3) is 5.79. The van der Waals surface area contributed by atoms with Crippen LogP contribution in [0.3, 0.4) is 0 Å². The van der Waals surface area contributed by atoms with Crippen molar-refractivity contribution in [3.63, 3.8) is 0 Å². The zero-order valence-corrected chi connectivity index (χ0v) is 19.6. The van der Waals surface area contributed by atoms with Gasteiger partial charge < -0.3 is 5.32 Å². The van der Waals surface area contributed by atoms with Gasteiger partial charge in [0.15, 0.2) is 5.16 Å². The van der Waals surface area contributed by atoms with Crippen LogP contribution >= 0.6 is 35.0 Å². The molecule has 0 saturated carbocycles. The Morgan fingerprint density at radius 2 is 1.91 bits per heavy atom. The summed E-state index contributed by atoms with van der Waals surface area (Å²) in [4.78, 5) is 40.7. The molecule has 3 aromatic rings. The fourth-order valence-corrected chi connectivity index (χ4v) is 4.10. The van der Waals surface area contributed by atoms with Gasteiger partial charge in [0.25, 0.3) is 11.2 Å². The van der Waals surface area contributed by atoms with Crippen molar-refractivity contribution in [2.45, 2.75) is 32.0 Å². The van der Waals surface area contributed by atoms with E-state index in [1.807, 2.05) is 0 Å². The van der Waals surface area contributed by atoms with Crippen LogP contribution in [-0.4, -0.2) is 26.1 Å². The first-order valence-electron chi connectivity index (χ1n) is 9.72. The van der Waals surface area contributed by atoms with Gasteiger partial charge in [-0.3, -0.25) is 24.3 Å². The number of rotatable bonds is 8. The van der Waals surface area contributed by atoms with E-state index in [-0.39, 0.29) is 27.7 Å². The normalized spacial score (nSPS) is 11.2. The first-order chi connectivity index (χ1) is 15.2. The molecule has 3 rings (SSSR count). The zero-order chi connectivity index (χ0) is 23.4. The number of carbonyl (C=O) groups excluding carboxylic acids is 1. The Bertz CT molecular complexity index is 1250. The monoisotopic (exact) mass is 494 g/mol. The van der Waals surface area contributed by atoms with Crippen molar-refractivity contribution < 1.29 is 9.72 Å². The van der Waals surface area contributed by atoms with Crippen LogP contribution in [0.5, 0.6) is 0 Å². The standard InChI is InChI=1S/C21H20Cl2N4O4S/c1-12(2)7-8-26-20(29)15-5-3-13(22)9-17(15)25-21(26)32-11-19(28)24-16-6-4-14(23)10-18(16)27(30)31/h3-6,9-10,12H,7-8,11H2,1-2H3,(H,24,28). The van der Waals surface area contributed by atoms with Gasteiger partial charge in [-0.1, -0.05) is 48.8 Å². The summed E-state index contributed by atoms with van der Waals surface area (Å²) in [5.74, 6) is -0.203. The third-order valence-corrected chi connectivity index (χ3v) is 6.02. The molecule has 8 nitrogen and oxygen atoms in total. The smallest absolute Gasteiger partial charge is 0.294 e. The number of benzene rings is 2. The highest BCUT2D eigenvalue weighted by molar-refractivity contribution is 7.99. The van der Waals surface area contributed by atoms with Crippen molar-refractivity contribution in [1.82, 2.24) is 9.55 Å². The van der Waals surface area contributed by atoms with Crippen LogP contribution in [0.2, 0.25) is 10.0 Å². The second-order valence-electron chi connectivity index (χ2n) is 7.45. The van der Waals surface area contributed by atoms with Crippen LogP contribution in [0.25, 0.3) is 10.9 Å². The second-order valence-corrected chi connectivity index (χ2v) is 9.27. The van der Waals surface area contributed by atoms with Crippen LogP contribution in [0.1, 0.15) is 20.3 Å². The van der Waals surface area contributed by atoms with Crippen molar-refractivity contribution in [3.05, 3.63) is 66.9 Å². The van der Waals surface area contributed by atoms with E-state index in [2.05, 4.69) is 24.1 Å². The van der Waals surface area contributed by atoms with Crippen molar-refractivity contribution in [3.8, 4) is 0 Å². The number of thioether (sulfide) groups is 1. The number of nitrogens with one attached hydrogen (secondary N) is 1. The number of nitro groups is 1. The van der Waals surface area contributed by atoms with E-state index in [1.165, 1.54) is 18.2 Å². The average Bonchev–Trinajstić information content (AvgIpc) is 2.72. The highest BCUT2D eigenvalue weighted by Crippen LogP contribution is 2.28. The minimum absolute atomic E-state index is 0.0421. The number of anilines is 1. The Kier molecular flexibility index (Phi) is 7.76. The minimum Gasteiger partial charge on any atom is -0.320 e. The number of hydrogen-bond acceptors (Lipinski definition) is 6. The fraction of sp³-hybridized carbons (Fsp3) is 0.286. The van der Waals surface area contributed by atoms with E-state index in [1.54, 1.807) is 22.8 Å². The zero-order valence-electron chi connectivity index (χ0n) is 17.3. The molecule has 0 aliphatic rings. The number of amides is 1. The molecule has 0 fully saturated rings. The van der Waals surface area contributed by atoms with Crippen molar-refractivity contribution >= 4 is 63.1 Å². The average molecular weight is 495 g/mol. The molecule has 0 bridgehead atoms. The van der Waals surface area contributed by atoms with Gasteiger partial charge in [0.1, 0.15) is 5.69 Å². The molecule has 1 aromatic heterocycles. The number of halogens is 2. The maximum Gasteiger partial charge on any atom is 0.294 e. The molecule has 168 valence electrons. The quantitative estimate of drug-likeness (QED) is 0.194. The number of fused-ring (bicyclic) bond motifs is 1. The lowest BCUT2D eigenvalue weighted by molar-refractivity contribution is -0.383. The van der Waals surface area contributed by atoms with Gasteiger partial charge in [0, 0.05) is 22.7 Å². The number of nitro benzene ring substituents is 1. The molecule has 0 aliphatic heterocycles. The molecule has 0 radical (unpaired) electrons. The summed E-state index contributed by atoms with van der Waals surface area (Å²) in [7, 11) is 0. The molecular formula is C21H20Cl2N4O4S. The van der Waals surface area contributed by atoms with E-state index < -0.39 is 10.8 Å². The molecular weight excluding hydrogens is 475 g/mol. The Morgan fingerprint density at radius 1 is 1.22 bits per heavy atom. The van der Waals surface area contributed by atoms with Crippen LogP contribution < -0.4 is 10.9 Å². The minimum atomic E-state index is -0.618. The molecule has 11 heteroatoms. The van der Waals surface area contributed by atoms with Gasteiger partial charge in [-0.25, -0.2) is 4.98 Å². The summed E-state index contributed by atoms with van der Waals surface area (Å²) in [6.07, 6.45) is 0.761. The van der Waals surface area contributed by atoms with Gasteiger partial charge in [0.2, 0.25) is 5.91 Å². The van der Waals surface area contributed by atoms with Gasteiger partial charge >= 0.3 is 0 Å². The topological polar surface area (TPSA) is 107 Å². The summed E-state index contributed by atoms with van der Waals surface area (Å²) in [5.41, 5.74) is -0.0216. The van der Waals surface area contributed by atoms with E-state index >= 15 is 0 Å². The highest BCUT2D eigenvalue weighted by Gasteiger charge is 2.18. The number of hydrogen-bond donors (Lipinski definition) is 1. The van der Waals surface area contributed by atoms with Crippen molar-refractivity contribution in [1.29, 1.82) is 0 Å². The Balaban J connectivity index is 1.86. The van der Waals surface area contributed by atoms with Crippen LogP contribution in [0.15, 0.2) is 46.3 Å². The highest BCUT2D eigenvalue weighted by atomic mass is 35.5. The van der Waals surface area contributed by atoms with Gasteiger partial charge in [-0.05, 0) is 42.7 Å². The van der Waals surface area contributed by atoms with Crippen molar-refractivity contribution in [2.24, 2.45) is 5.92 Å². The maximum atomic E-state index is 13.0. The lowest BCUT2D eigenvalue weighted by atomic mass is 10.1. The number of aromatic nitrogens is 2. The Hall–Kier alpha value is -2.62. The molecule has 0 aliphatic carbocycles. The van der Waals surface area contributed by atoms with Gasteiger partial charge in [0.05, 0.1) is 21.6 Å². The lowest BCUT2D eigenvalue weighted by Crippen LogP contribution is -2.25. The summed E-state index contributed by atoms with van der Waals surface area (Å²) in [6, 6.07) is 8.88. The van der Waals surface area contributed by atoms with Crippen LogP contribution in [-0.2, 0) is 11.3 Å². The van der Waals surface area contributed by atoms with Crippen molar-refractivity contribution in [2.75, 3.05) is 11.1 Å². The Labute approximate surface area is 198 Å². The summed E-state index contributed by atoms with van der Waals surface area (Å²) < 4.78 is 1.55. The van der Waals surface area contributed by atoms with E-state index in [0.29, 0.717) is 33.5 Å². The SMILES string of the molecule is CC(C)CCn1c(SCC(=O)Nc2ccc(Cl)cc2[N+](=O)[O-])nc2cc(Cl)ccc2c1=O. The van der Waals surface area contributed by atoms with Gasteiger partial charge in [-0.2, -0.15) is 0 Å². The van der Waals surface area contributed by atoms with E-state index in [0.717, 1.165) is 18.2 Å². The summed E-state index contributed by atoms with van der Waals surface area (Å²) >= 11 is 12.9. The molecule has 0 spiro atoms. The first kappa shape index (κ1) is 24.0. The molecule has 0 atom stereocenters. The lowest BCUT2D eigenvalue weighted by Gasteiger charge is -2.14. The van der Waals surface area contributed by atoms with Gasteiger partial charge in [-0.15, -0.1) is 0 Å². The second kappa shape index (κ2) is 10.3. The number of carbonyl (C=O) groups is 1. The molecule has 32 heavy (non-hydrogen) atoms. The van der Waals surface area contributed by atoms with Crippen LogP contribution in [0, 0.1) is 16.0 Å².